The van der Waals surface area contributed by atoms with Crippen LogP contribution in [0.2, 0.25) is 0 Å². The smallest absolute Gasteiger partial charge is 0.310 e. The van der Waals surface area contributed by atoms with Gasteiger partial charge in [-0.3, -0.25) is 4.79 Å². The van der Waals surface area contributed by atoms with Gasteiger partial charge in [0.25, 0.3) is 10.0 Å². The van der Waals surface area contributed by atoms with Gasteiger partial charge in [-0.15, -0.1) is 0 Å². The van der Waals surface area contributed by atoms with E-state index in [2.05, 4.69) is 20.7 Å². The molecule has 0 amide bonds. The summed E-state index contributed by atoms with van der Waals surface area (Å²) in [5.41, 5.74) is 0. The molecular formula is C10H10BrNO5S. The standard InChI is InChI=1S/C10H10BrNO5S/c11-8-3-4-9(17-8)18(15,16)12-7-2-1-6(5-7)10(13)14/h1-4,6-7,12H,5H2,(H,13,14). The lowest BCUT2D eigenvalue weighted by Crippen LogP contribution is -2.33. The van der Waals surface area contributed by atoms with E-state index in [1.165, 1.54) is 24.3 Å². The first-order valence-corrected chi connectivity index (χ1v) is 7.35. The Balaban J connectivity index is 2.07. The van der Waals surface area contributed by atoms with Crippen LogP contribution in [0.1, 0.15) is 6.42 Å². The molecule has 1 aromatic heterocycles. The number of nitrogens with one attached hydrogen (secondary N) is 1. The van der Waals surface area contributed by atoms with Gasteiger partial charge in [0, 0.05) is 6.04 Å². The highest BCUT2D eigenvalue weighted by molar-refractivity contribution is 9.10. The van der Waals surface area contributed by atoms with E-state index in [1.54, 1.807) is 0 Å². The first kappa shape index (κ1) is 13.3. The monoisotopic (exact) mass is 335 g/mol. The molecular weight excluding hydrogens is 326 g/mol. The summed E-state index contributed by atoms with van der Waals surface area (Å²) >= 11 is 3.02. The largest absolute Gasteiger partial charge is 0.481 e. The first-order chi connectivity index (χ1) is 8.38. The molecule has 1 heterocycles. The Morgan fingerprint density at radius 1 is 1.44 bits per heavy atom. The topological polar surface area (TPSA) is 96.6 Å². The zero-order valence-electron chi connectivity index (χ0n) is 9.04. The van der Waals surface area contributed by atoms with Gasteiger partial charge in [-0.05, 0) is 34.5 Å². The second-order valence-corrected chi connectivity index (χ2v) is 6.28. The van der Waals surface area contributed by atoms with E-state index in [0.717, 1.165) is 0 Å². The number of furan rings is 1. The van der Waals surface area contributed by atoms with Crippen molar-refractivity contribution in [3.8, 4) is 0 Å². The van der Waals surface area contributed by atoms with E-state index in [4.69, 9.17) is 9.52 Å². The summed E-state index contributed by atoms with van der Waals surface area (Å²) in [5.74, 6) is -1.62. The van der Waals surface area contributed by atoms with Crippen LogP contribution >= 0.6 is 15.9 Å². The molecule has 1 aliphatic carbocycles. The molecule has 0 spiro atoms. The van der Waals surface area contributed by atoms with Gasteiger partial charge in [-0.1, -0.05) is 12.2 Å². The molecule has 2 N–H and O–H groups in total. The summed E-state index contributed by atoms with van der Waals surface area (Å²) in [5, 5.41) is 8.59. The highest BCUT2D eigenvalue weighted by Gasteiger charge is 2.29. The number of halogens is 1. The Hall–Kier alpha value is -1.12. The van der Waals surface area contributed by atoms with E-state index in [0.29, 0.717) is 4.67 Å². The third-order valence-corrected chi connectivity index (χ3v) is 4.31. The van der Waals surface area contributed by atoms with Gasteiger partial charge in [0.05, 0.1) is 5.92 Å². The molecule has 0 radical (unpaired) electrons. The highest BCUT2D eigenvalue weighted by Crippen LogP contribution is 2.22. The van der Waals surface area contributed by atoms with Crippen LogP contribution in [0.3, 0.4) is 0 Å². The third-order valence-electron chi connectivity index (χ3n) is 2.52. The number of sulfonamides is 1. The Morgan fingerprint density at radius 2 is 2.17 bits per heavy atom. The van der Waals surface area contributed by atoms with Crippen molar-refractivity contribution < 1.29 is 22.7 Å². The fourth-order valence-corrected chi connectivity index (χ4v) is 3.22. The Morgan fingerprint density at radius 3 is 2.67 bits per heavy atom. The first-order valence-electron chi connectivity index (χ1n) is 5.07. The van der Waals surface area contributed by atoms with Crippen molar-refractivity contribution in [3.63, 3.8) is 0 Å². The van der Waals surface area contributed by atoms with Gasteiger partial charge < -0.3 is 9.52 Å². The number of hydrogen-bond donors (Lipinski definition) is 2. The molecule has 1 aliphatic rings. The molecule has 18 heavy (non-hydrogen) atoms. The molecule has 0 saturated carbocycles. The van der Waals surface area contributed by atoms with Crippen LogP contribution in [0.25, 0.3) is 0 Å². The van der Waals surface area contributed by atoms with Crippen LogP contribution in [0.5, 0.6) is 0 Å². The summed E-state index contributed by atoms with van der Waals surface area (Å²) in [6.07, 6.45) is 3.22. The molecule has 6 nitrogen and oxygen atoms in total. The minimum Gasteiger partial charge on any atom is -0.481 e. The fraction of sp³-hybridized carbons (Fsp3) is 0.300. The van der Waals surface area contributed by atoms with Crippen molar-refractivity contribution >= 4 is 31.9 Å². The zero-order valence-corrected chi connectivity index (χ0v) is 11.4. The van der Waals surface area contributed by atoms with Gasteiger partial charge in [0.1, 0.15) is 0 Å². The number of aliphatic carboxylic acids is 1. The summed E-state index contributed by atoms with van der Waals surface area (Å²) in [7, 11) is -3.76. The quantitative estimate of drug-likeness (QED) is 0.809. The average Bonchev–Trinajstić information content (AvgIpc) is 2.86. The SMILES string of the molecule is O=C(O)C1C=CC(NS(=O)(=O)c2ccc(Br)o2)C1. The van der Waals surface area contributed by atoms with Crippen LogP contribution in [0.15, 0.2) is 38.5 Å². The van der Waals surface area contributed by atoms with Crippen molar-refractivity contribution in [2.75, 3.05) is 0 Å². The van der Waals surface area contributed by atoms with E-state index in [1.807, 2.05) is 0 Å². The predicted molar refractivity (Wildman–Crippen MR) is 65.4 cm³/mol. The number of carboxylic acid groups (broad SMARTS) is 1. The molecule has 8 heteroatoms. The zero-order chi connectivity index (χ0) is 13.3. The van der Waals surface area contributed by atoms with Crippen LogP contribution < -0.4 is 4.72 Å². The summed E-state index contributed by atoms with van der Waals surface area (Å²) < 4.78 is 31.4. The average molecular weight is 336 g/mol. The summed E-state index contributed by atoms with van der Waals surface area (Å²) in [4.78, 5) is 10.7. The number of carbonyl (C=O) groups is 1. The van der Waals surface area contributed by atoms with E-state index < -0.39 is 28.0 Å². The minimum absolute atomic E-state index is 0.205. The lowest BCUT2D eigenvalue weighted by atomic mass is 10.1. The molecule has 2 rings (SSSR count). The van der Waals surface area contributed by atoms with Crippen molar-refractivity contribution in [1.82, 2.24) is 4.72 Å². The molecule has 0 saturated heterocycles. The lowest BCUT2D eigenvalue weighted by Gasteiger charge is -2.10. The summed E-state index contributed by atoms with van der Waals surface area (Å²) in [6, 6.07) is 2.26. The van der Waals surface area contributed by atoms with E-state index in [9.17, 15) is 13.2 Å². The van der Waals surface area contributed by atoms with Gasteiger partial charge in [0.15, 0.2) is 4.67 Å². The van der Waals surface area contributed by atoms with E-state index >= 15 is 0 Å². The molecule has 0 fully saturated rings. The molecule has 2 atom stereocenters. The normalized spacial score (nSPS) is 23.4. The number of rotatable bonds is 4. The van der Waals surface area contributed by atoms with Crippen LogP contribution in [0.4, 0.5) is 0 Å². The third kappa shape index (κ3) is 2.82. The van der Waals surface area contributed by atoms with Crippen molar-refractivity contribution in [2.45, 2.75) is 17.6 Å². The highest BCUT2D eigenvalue weighted by atomic mass is 79.9. The molecule has 98 valence electrons. The predicted octanol–water partition coefficient (Wildman–Crippen LogP) is 1.35. The molecule has 0 aliphatic heterocycles. The van der Waals surface area contributed by atoms with Crippen LogP contribution in [-0.2, 0) is 14.8 Å². The Labute approximate surface area is 112 Å². The van der Waals surface area contributed by atoms with Crippen LogP contribution in [0, 0.1) is 5.92 Å². The van der Waals surface area contributed by atoms with Gasteiger partial charge >= 0.3 is 5.97 Å². The van der Waals surface area contributed by atoms with Crippen molar-refractivity contribution in [1.29, 1.82) is 0 Å². The van der Waals surface area contributed by atoms with Crippen molar-refractivity contribution in [2.24, 2.45) is 5.92 Å². The maximum Gasteiger partial charge on any atom is 0.310 e. The van der Waals surface area contributed by atoms with Gasteiger partial charge in [-0.2, -0.15) is 0 Å². The number of carboxylic acids is 1. The Bertz CT molecular complexity index is 591. The van der Waals surface area contributed by atoms with Gasteiger partial charge in [-0.25, -0.2) is 13.1 Å². The molecule has 1 aromatic rings. The minimum atomic E-state index is -3.76. The summed E-state index contributed by atoms with van der Waals surface area (Å²) in [6.45, 7) is 0. The van der Waals surface area contributed by atoms with Gasteiger partial charge in [0.2, 0.25) is 5.09 Å². The second-order valence-electron chi connectivity index (χ2n) is 3.85. The fourth-order valence-electron chi connectivity index (χ4n) is 1.67. The Kier molecular flexibility index (Phi) is 3.60. The number of hydrogen-bond acceptors (Lipinski definition) is 4. The van der Waals surface area contributed by atoms with Crippen LogP contribution in [-0.4, -0.2) is 25.5 Å². The maximum absolute atomic E-state index is 11.9. The molecule has 0 aromatic carbocycles. The van der Waals surface area contributed by atoms with Crippen molar-refractivity contribution in [3.05, 3.63) is 29.0 Å². The molecule has 0 bridgehead atoms. The maximum atomic E-state index is 11.9. The molecule has 2 unspecified atom stereocenters. The lowest BCUT2D eigenvalue weighted by molar-refractivity contribution is -0.140. The van der Waals surface area contributed by atoms with E-state index in [-0.39, 0.29) is 11.5 Å². The second kappa shape index (κ2) is 4.87.